The van der Waals surface area contributed by atoms with Gasteiger partial charge in [-0.3, -0.25) is 4.68 Å². The van der Waals surface area contributed by atoms with Crippen molar-refractivity contribution in [2.75, 3.05) is 7.05 Å². The van der Waals surface area contributed by atoms with Gasteiger partial charge in [0, 0.05) is 23.3 Å². The first-order valence-electron chi connectivity index (χ1n) is 6.52. The Morgan fingerprint density at radius 1 is 1.10 bits per heavy atom. The van der Waals surface area contributed by atoms with Crippen molar-refractivity contribution in [1.82, 2.24) is 15.1 Å². The smallest absolute Gasteiger partial charge is 0.0605 e. The van der Waals surface area contributed by atoms with Gasteiger partial charge in [-0.15, -0.1) is 0 Å². The molecule has 1 aromatic heterocycles. The van der Waals surface area contributed by atoms with E-state index in [9.17, 15) is 0 Å². The third kappa shape index (κ3) is 2.49. The maximum absolute atomic E-state index is 4.26. The molecule has 0 spiro atoms. The lowest BCUT2D eigenvalue weighted by Crippen LogP contribution is -2.17. The molecule has 1 N–H and O–H groups in total. The summed E-state index contributed by atoms with van der Waals surface area (Å²) in [5.74, 6) is 0. The standard InChI is InChI=1S/C16H16BrN3/c1-18-16(14-9-19-20(2)10-14)13-4-3-12-8-15(17)6-5-11(12)7-13/h3-10,16,18H,1-2H3. The number of hydrogen-bond donors (Lipinski definition) is 1. The van der Waals surface area contributed by atoms with Gasteiger partial charge in [-0.1, -0.05) is 34.1 Å². The minimum absolute atomic E-state index is 0.164. The first-order chi connectivity index (χ1) is 9.67. The van der Waals surface area contributed by atoms with Crippen LogP contribution in [0.15, 0.2) is 53.3 Å². The third-order valence-corrected chi connectivity index (χ3v) is 4.00. The Balaban J connectivity index is 2.05. The maximum atomic E-state index is 4.26. The lowest BCUT2D eigenvalue weighted by molar-refractivity contribution is 0.690. The van der Waals surface area contributed by atoms with E-state index in [0.717, 1.165) is 4.47 Å². The van der Waals surface area contributed by atoms with Crippen molar-refractivity contribution in [1.29, 1.82) is 0 Å². The van der Waals surface area contributed by atoms with Crippen molar-refractivity contribution >= 4 is 26.7 Å². The highest BCUT2D eigenvalue weighted by Gasteiger charge is 2.13. The van der Waals surface area contributed by atoms with Crippen LogP contribution >= 0.6 is 15.9 Å². The summed E-state index contributed by atoms with van der Waals surface area (Å²) in [6, 6.07) is 13.1. The molecule has 3 aromatic rings. The van der Waals surface area contributed by atoms with E-state index in [-0.39, 0.29) is 6.04 Å². The Hall–Kier alpha value is -1.65. The minimum Gasteiger partial charge on any atom is -0.309 e. The van der Waals surface area contributed by atoms with Gasteiger partial charge in [0.2, 0.25) is 0 Å². The molecular formula is C16H16BrN3. The van der Waals surface area contributed by atoms with Crippen molar-refractivity contribution in [3.8, 4) is 0 Å². The van der Waals surface area contributed by atoms with Crippen molar-refractivity contribution in [2.24, 2.45) is 7.05 Å². The van der Waals surface area contributed by atoms with E-state index in [1.807, 2.05) is 31.2 Å². The molecule has 0 amide bonds. The number of rotatable bonds is 3. The summed E-state index contributed by atoms with van der Waals surface area (Å²) in [6.07, 6.45) is 3.96. The highest BCUT2D eigenvalue weighted by Crippen LogP contribution is 2.26. The summed E-state index contributed by atoms with van der Waals surface area (Å²) in [7, 11) is 3.91. The Labute approximate surface area is 126 Å². The van der Waals surface area contributed by atoms with Crippen LogP contribution in [0.1, 0.15) is 17.2 Å². The van der Waals surface area contributed by atoms with E-state index in [0.29, 0.717) is 0 Å². The van der Waals surface area contributed by atoms with Crippen LogP contribution in [0.25, 0.3) is 10.8 Å². The van der Waals surface area contributed by atoms with Crippen molar-refractivity contribution in [3.63, 3.8) is 0 Å². The molecule has 3 rings (SSSR count). The zero-order valence-electron chi connectivity index (χ0n) is 11.5. The highest BCUT2D eigenvalue weighted by molar-refractivity contribution is 9.10. The number of halogens is 1. The summed E-state index contributed by atoms with van der Waals surface area (Å²) >= 11 is 3.51. The van der Waals surface area contributed by atoms with E-state index >= 15 is 0 Å². The number of benzene rings is 2. The molecule has 0 aliphatic carbocycles. The summed E-state index contributed by atoms with van der Waals surface area (Å²) in [5.41, 5.74) is 2.42. The molecule has 0 radical (unpaired) electrons. The molecule has 0 bridgehead atoms. The molecule has 1 unspecified atom stereocenters. The molecule has 1 heterocycles. The summed E-state index contributed by atoms with van der Waals surface area (Å²) in [4.78, 5) is 0. The second kappa shape index (κ2) is 5.38. The maximum Gasteiger partial charge on any atom is 0.0605 e. The molecule has 20 heavy (non-hydrogen) atoms. The zero-order chi connectivity index (χ0) is 14.1. The first kappa shape index (κ1) is 13.3. The van der Waals surface area contributed by atoms with E-state index < -0.39 is 0 Å². The second-order valence-electron chi connectivity index (χ2n) is 4.92. The normalized spacial score (nSPS) is 12.8. The number of aryl methyl sites for hydroxylation is 1. The molecule has 0 saturated carbocycles. The van der Waals surface area contributed by atoms with Crippen LogP contribution in [0.4, 0.5) is 0 Å². The van der Waals surface area contributed by atoms with E-state index in [2.05, 4.69) is 62.7 Å². The molecule has 1 atom stereocenters. The van der Waals surface area contributed by atoms with Crippen LogP contribution in [-0.2, 0) is 7.05 Å². The Kier molecular flexibility index (Phi) is 3.59. The van der Waals surface area contributed by atoms with E-state index in [1.165, 1.54) is 21.9 Å². The predicted octanol–water partition coefficient (Wildman–Crippen LogP) is 3.64. The van der Waals surface area contributed by atoms with Gasteiger partial charge in [0.25, 0.3) is 0 Å². The highest BCUT2D eigenvalue weighted by atomic mass is 79.9. The Morgan fingerprint density at radius 2 is 1.85 bits per heavy atom. The van der Waals surface area contributed by atoms with Crippen molar-refractivity contribution in [2.45, 2.75) is 6.04 Å². The number of aromatic nitrogens is 2. The lowest BCUT2D eigenvalue weighted by atomic mass is 9.98. The number of fused-ring (bicyclic) bond motifs is 1. The van der Waals surface area contributed by atoms with Crippen LogP contribution in [0.3, 0.4) is 0 Å². The summed E-state index contributed by atoms with van der Waals surface area (Å²) in [5, 5.41) is 10.1. The Morgan fingerprint density at radius 3 is 2.55 bits per heavy atom. The molecular weight excluding hydrogens is 314 g/mol. The van der Waals surface area contributed by atoms with Gasteiger partial charge in [-0.25, -0.2) is 0 Å². The predicted molar refractivity (Wildman–Crippen MR) is 85.8 cm³/mol. The van der Waals surface area contributed by atoms with Gasteiger partial charge in [0.15, 0.2) is 0 Å². The molecule has 0 aliphatic heterocycles. The first-order valence-corrected chi connectivity index (χ1v) is 7.32. The van der Waals surface area contributed by atoms with Crippen molar-refractivity contribution < 1.29 is 0 Å². The van der Waals surface area contributed by atoms with Crippen LogP contribution in [0.2, 0.25) is 0 Å². The van der Waals surface area contributed by atoms with E-state index in [4.69, 9.17) is 0 Å². The number of nitrogens with one attached hydrogen (secondary N) is 1. The molecule has 2 aromatic carbocycles. The van der Waals surface area contributed by atoms with E-state index in [1.54, 1.807) is 0 Å². The quantitative estimate of drug-likeness (QED) is 0.794. The average molecular weight is 330 g/mol. The van der Waals surface area contributed by atoms with Crippen molar-refractivity contribution in [3.05, 3.63) is 64.4 Å². The molecule has 3 nitrogen and oxygen atoms in total. The minimum atomic E-state index is 0.164. The van der Waals surface area contributed by atoms with Crippen LogP contribution in [-0.4, -0.2) is 16.8 Å². The van der Waals surface area contributed by atoms with Crippen LogP contribution in [0, 0.1) is 0 Å². The van der Waals surface area contributed by atoms with Gasteiger partial charge < -0.3 is 5.32 Å². The topological polar surface area (TPSA) is 29.9 Å². The third-order valence-electron chi connectivity index (χ3n) is 3.51. The second-order valence-corrected chi connectivity index (χ2v) is 5.84. The zero-order valence-corrected chi connectivity index (χ0v) is 13.1. The number of hydrogen-bond acceptors (Lipinski definition) is 2. The largest absolute Gasteiger partial charge is 0.309 e. The fourth-order valence-corrected chi connectivity index (χ4v) is 2.91. The fraction of sp³-hybridized carbons (Fsp3) is 0.188. The lowest BCUT2D eigenvalue weighted by Gasteiger charge is -2.15. The fourth-order valence-electron chi connectivity index (χ4n) is 2.53. The SMILES string of the molecule is CNC(c1ccc2cc(Br)ccc2c1)c1cnn(C)c1. The van der Waals surface area contributed by atoms with Gasteiger partial charge in [0.1, 0.15) is 0 Å². The Bertz CT molecular complexity index is 748. The molecule has 102 valence electrons. The van der Waals surface area contributed by atoms with Gasteiger partial charge >= 0.3 is 0 Å². The monoisotopic (exact) mass is 329 g/mol. The summed E-state index contributed by atoms with van der Waals surface area (Å²) < 4.78 is 2.94. The molecule has 4 heteroatoms. The molecule has 0 saturated heterocycles. The van der Waals surface area contributed by atoms with Gasteiger partial charge in [0.05, 0.1) is 12.2 Å². The van der Waals surface area contributed by atoms with Crippen LogP contribution < -0.4 is 5.32 Å². The number of nitrogens with zero attached hydrogens (tertiary/aromatic N) is 2. The van der Waals surface area contributed by atoms with Crippen LogP contribution in [0.5, 0.6) is 0 Å². The molecule has 0 fully saturated rings. The average Bonchev–Trinajstić information content (AvgIpc) is 2.86. The molecule has 0 aliphatic rings. The summed E-state index contributed by atoms with van der Waals surface area (Å²) in [6.45, 7) is 0. The van der Waals surface area contributed by atoms with Gasteiger partial charge in [-0.2, -0.15) is 5.10 Å². The van der Waals surface area contributed by atoms with Gasteiger partial charge in [-0.05, 0) is 41.6 Å².